The smallest absolute Gasteiger partial charge is 0.274 e. The van der Waals surface area contributed by atoms with Crippen LogP contribution in [0.25, 0.3) is 0 Å². The minimum Gasteiger partial charge on any atom is -0.380 e. The van der Waals surface area contributed by atoms with Crippen molar-refractivity contribution >= 4 is 17.3 Å². The van der Waals surface area contributed by atoms with Gasteiger partial charge in [0.2, 0.25) is 0 Å². The Morgan fingerprint density at radius 2 is 1.59 bits per heavy atom. The lowest BCUT2D eigenvalue weighted by molar-refractivity contribution is 0.102. The number of benzene rings is 1. The van der Waals surface area contributed by atoms with Gasteiger partial charge in [-0.25, -0.2) is 4.98 Å². The molecule has 5 heteroatoms. The quantitative estimate of drug-likeness (QED) is 0.696. The van der Waals surface area contributed by atoms with Crippen LogP contribution in [0.4, 0.5) is 11.4 Å². The molecule has 2 N–H and O–H groups in total. The number of carbonyl (C=O) groups excluding carboxylic acids is 1. The van der Waals surface area contributed by atoms with Gasteiger partial charge in [-0.1, -0.05) is 32.9 Å². The number of hydrogen-bond acceptors (Lipinski definition) is 4. The molecule has 0 fully saturated rings. The number of pyridine rings is 2. The largest absolute Gasteiger partial charge is 0.380 e. The second kappa shape index (κ2) is 7.99. The fourth-order valence-electron chi connectivity index (χ4n) is 2.59. The first-order valence-electron chi connectivity index (χ1n) is 8.92. The average Bonchev–Trinajstić information content (AvgIpc) is 2.67. The summed E-state index contributed by atoms with van der Waals surface area (Å²) in [4.78, 5) is 20.6. The zero-order valence-corrected chi connectivity index (χ0v) is 15.9. The van der Waals surface area contributed by atoms with Gasteiger partial charge in [0.05, 0.1) is 11.9 Å². The van der Waals surface area contributed by atoms with E-state index in [1.165, 1.54) is 5.56 Å². The summed E-state index contributed by atoms with van der Waals surface area (Å²) in [6.45, 7) is 7.16. The third kappa shape index (κ3) is 5.14. The van der Waals surface area contributed by atoms with Gasteiger partial charge in [-0.05, 0) is 52.9 Å². The molecule has 1 amide bonds. The Morgan fingerprint density at radius 3 is 2.19 bits per heavy atom. The van der Waals surface area contributed by atoms with Crippen LogP contribution in [-0.2, 0) is 12.0 Å². The topological polar surface area (TPSA) is 66.9 Å². The van der Waals surface area contributed by atoms with E-state index in [0.29, 0.717) is 12.2 Å². The summed E-state index contributed by atoms with van der Waals surface area (Å²) in [6, 6.07) is 15.4. The molecular weight excluding hydrogens is 336 g/mol. The number of aromatic nitrogens is 2. The van der Waals surface area contributed by atoms with Crippen LogP contribution in [0.1, 0.15) is 42.4 Å². The molecule has 5 nitrogen and oxygen atoms in total. The normalized spacial score (nSPS) is 11.1. The van der Waals surface area contributed by atoms with Crippen LogP contribution >= 0.6 is 0 Å². The van der Waals surface area contributed by atoms with Crippen LogP contribution in [0.3, 0.4) is 0 Å². The maximum atomic E-state index is 12.4. The molecule has 0 aliphatic rings. The molecule has 0 radical (unpaired) electrons. The summed E-state index contributed by atoms with van der Waals surface area (Å²) in [7, 11) is 0. The number of carbonyl (C=O) groups is 1. The third-order valence-corrected chi connectivity index (χ3v) is 4.25. The zero-order valence-electron chi connectivity index (χ0n) is 15.9. The van der Waals surface area contributed by atoms with Crippen molar-refractivity contribution in [2.75, 3.05) is 10.6 Å². The molecule has 0 saturated carbocycles. The van der Waals surface area contributed by atoms with Crippen molar-refractivity contribution in [3.8, 4) is 0 Å². The van der Waals surface area contributed by atoms with Crippen LogP contribution in [-0.4, -0.2) is 15.9 Å². The first-order chi connectivity index (χ1) is 12.9. The minimum atomic E-state index is -0.223. The molecule has 0 atom stereocenters. The van der Waals surface area contributed by atoms with E-state index in [-0.39, 0.29) is 11.3 Å². The van der Waals surface area contributed by atoms with Crippen LogP contribution in [0, 0.1) is 0 Å². The molecule has 3 aromatic rings. The van der Waals surface area contributed by atoms with E-state index >= 15 is 0 Å². The molecule has 2 aromatic heterocycles. The van der Waals surface area contributed by atoms with Crippen molar-refractivity contribution in [1.82, 2.24) is 9.97 Å². The molecule has 0 unspecified atom stereocenters. The molecule has 2 heterocycles. The van der Waals surface area contributed by atoms with Gasteiger partial charge < -0.3 is 10.6 Å². The highest BCUT2D eigenvalue weighted by Gasteiger charge is 2.13. The van der Waals surface area contributed by atoms with Crippen molar-refractivity contribution in [3.63, 3.8) is 0 Å². The van der Waals surface area contributed by atoms with Crippen LogP contribution in [0.2, 0.25) is 0 Å². The highest BCUT2D eigenvalue weighted by Crippen LogP contribution is 2.23. The van der Waals surface area contributed by atoms with Crippen molar-refractivity contribution in [1.29, 1.82) is 0 Å². The lowest BCUT2D eigenvalue weighted by Gasteiger charge is -2.19. The number of amides is 1. The molecule has 0 aliphatic heterocycles. The molecule has 138 valence electrons. The Morgan fingerprint density at radius 1 is 0.926 bits per heavy atom. The Bertz CT molecular complexity index is 882. The van der Waals surface area contributed by atoms with Gasteiger partial charge in [-0.2, -0.15) is 0 Å². The van der Waals surface area contributed by atoms with E-state index in [1.807, 2.05) is 42.5 Å². The van der Waals surface area contributed by atoms with E-state index in [0.717, 1.165) is 16.9 Å². The molecule has 3 rings (SSSR count). The molecule has 27 heavy (non-hydrogen) atoms. The average molecular weight is 360 g/mol. The lowest BCUT2D eigenvalue weighted by Crippen LogP contribution is -2.15. The van der Waals surface area contributed by atoms with Gasteiger partial charge in [0.1, 0.15) is 5.69 Å². The maximum absolute atomic E-state index is 12.4. The second-order valence-corrected chi connectivity index (χ2v) is 7.42. The van der Waals surface area contributed by atoms with Gasteiger partial charge in [0.15, 0.2) is 0 Å². The lowest BCUT2D eigenvalue weighted by atomic mass is 9.87. The first-order valence-corrected chi connectivity index (χ1v) is 8.92. The Labute approximate surface area is 159 Å². The number of rotatable bonds is 5. The molecule has 1 aromatic carbocycles. The van der Waals surface area contributed by atoms with Gasteiger partial charge >= 0.3 is 0 Å². The predicted octanol–water partition coefficient (Wildman–Crippen LogP) is 4.64. The Hall–Kier alpha value is -3.21. The fraction of sp³-hybridized carbons (Fsp3) is 0.227. The van der Waals surface area contributed by atoms with Crippen molar-refractivity contribution in [2.24, 2.45) is 0 Å². The first kappa shape index (κ1) is 18.6. The van der Waals surface area contributed by atoms with Crippen LogP contribution in [0.5, 0.6) is 0 Å². The summed E-state index contributed by atoms with van der Waals surface area (Å²) < 4.78 is 0. The van der Waals surface area contributed by atoms with E-state index in [9.17, 15) is 4.79 Å². The summed E-state index contributed by atoms with van der Waals surface area (Å²) in [5.74, 6) is -0.223. The number of nitrogens with one attached hydrogen (secondary N) is 2. The summed E-state index contributed by atoms with van der Waals surface area (Å²) >= 11 is 0. The van der Waals surface area contributed by atoms with E-state index in [4.69, 9.17) is 0 Å². The highest BCUT2D eigenvalue weighted by atomic mass is 16.1. The Kier molecular flexibility index (Phi) is 5.50. The summed E-state index contributed by atoms with van der Waals surface area (Å²) in [5.41, 5.74) is 4.44. The zero-order chi connectivity index (χ0) is 19.3. The van der Waals surface area contributed by atoms with Gasteiger partial charge in [0, 0.05) is 24.6 Å². The van der Waals surface area contributed by atoms with Gasteiger partial charge in [-0.15, -0.1) is 0 Å². The minimum absolute atomic E-state index is 0.0865. The molecular formula is C22H24N4O. The van der Waals surface area contributed by atoms with E-state index in [2.05, 4.69) is 41.4 Å². The molecule has 0 saturated heterocycles. The second-order valence-electron chi connectivity index (χ2n) is 7.42. The van der Waals surface area contributed by atoms with E-state index < -0.39 is 0 Å². The fourth-order valence-corrected chi connectivity index (χ4v) is 2.59. The maximum Gasteiger partial charge on any atom is 0.274 e. The van der Waals surface area contributed by atoms with E-state index in [1.54, 1.807) is 24.7 Å². The van der Waals surface area contributed by atoms with Crippen molar-refractivity contribution in [3.05, 3.63) is 83.9 Å². The molecule has 0 bridgehead atoms. The SMILES string of the molecule is CC(C)(C)c1ccc(NC(=O)c2ccc(NCc3ccncc3)cn2)cc1. The Balaban J connectivity index is 1.58. The number of anilines is 2. The standard InChI is InChI=1S/C22H24N4O/c1-22(2,3)17-4-6-18(7-5-17)26-21(27)20-9-8-19(15-25-20)24-14-16-10-12-23-13-11-16/h4-13,15,24H,14H2,1-3H3,(H,26,27). The third-order valence-electron chi connectivity index (χ3n) is 4.25. The number of nitrogens with zero attached hydrogens (tertiary/aromatic N) is 2. The summed E-state index contributed by atoms with van der Waals surface area (Å²) in [6.07, 6.45) is 5.19. The van der Waals surface area contributed by atoms with Gasteiger partial charge in [0.25, 0.3) is 5.91 Å². The van der Waals surface area contributed by atoms with Crippen LogP contribution in [0.15, 0.2) is 67.1 Å². The molecule has 0 aliphatic carbocycles. The van der Waals surface area contributed by atoms with Crippen molar-refractivity contribution in [2.45, 2.75) is 32.7 Å². The monoisotopic (exact) mass is 360 g/mol. The number of hydrogen-bond donors (Lipinski definition) is 2. The van der Waals surface area contributed by atoms with Crippen molar-refractivity contribution < 1.29 is 4.79 Å². The highest BCUT2D eigenvalue weighted by molar-refractivity contribution is 6.02. The van der Waals surface area contributed by atoms with Gasteiger partial charge in [-0.3, -0.25) is 9.78 Å². The predicted molar refractivity (Wildman–Crippen MR) is 109 cm³/mol. The van der Waals surface area contributed by atoms with Crippen LogP contribution < -0.4 is 10.6 Å². The summed E-state index contributed by atoms with van der Waals surface area (Å²) in [5, 5.41) is 6.16. The molecule has 0 spiro atoms.